The highest BCUT2D eigenvalue weighted by Crippen LogP contribution is 2.23. The van der Waals surface area contributed by atoms with Gasteiger partial charge >= 0.3 is 0 Å². The Balaban J connectivity index is 1.66. The number of amides is 1. The Morgan fingerprint density at radius 3 is 2.31 bits per heavy atom. The lowest BCUT2D eigenvalue weighted by Gasteiger charge is -2.19. The Morgan fingerprint density at radius 1 is 1.00 bits per heavy atom. The van der Waals surface area contributed by atoms with Crippen molar-refractivity contribution in [3.8, 4) is 5.75 Å². The summed E-state index contributed by atoms with van der Waals surface area (Å²) in [6, 6.07) is 13.8. The summed E-state index contributed by atoms with van der Waals surface area (Å²) in [5.41, 5.74) is 1.33. The van der Waals surface area contributed by atoms with E-state index >= 15 is 0 Å². The summed E-state index contributed by atoms with van der Waals surface area (Å²) in [5, 5.41) is 2.76. The molecule has 1 amide bonds. The molecule has 3 rings (SSSR count). The second kappa shape index (κ2) is 9.71. The predicted molar refractivity (Wildman–Crippen MR) is 114 cm³/mol. The van der Waals surface area contributed by atoms with Gasteiger partial charge < -0.3 is 10.1 Å². The third-order valence-electron chi connectivity index (χ3n) is 4.87. The quantitative estimate of drug-likeness (QED) is 0.727. The van der Waals surface area contributed by atoms with Crippen molar-refractivity contribution in [2.45, 2.75) is 30.6 Å². The van der Waals surface area contributed by atoms with Crippen LogP contribution in [0.4, 0.5) is 5.69 Å². The lowest BCUT2D eigenvalue weighted by atomic mass is 10.2. The zero-order chi connectivity index (χ0) is 20.7. The first-order valence-corrected chi connectivity index (χ1v) is 11.2. The van der Waals surface area contributed by atoms with Crippen LogP contribution in [0.1, 0.15) is 31.2 Å². The number of sulfonamides is 1. The number of hydrogen-bond acceptors (Lipinski definition) is 4. The summed E-state index contributed by atoms with van der Waals surface area (Å²) >= 11 is 0. The van der Waals surface area contributed by atoms with Gasteiger partial charge in [-0.15, -0.1) is 0 Å². The van der Waals surface area contributed by atoms with Crippen molar-refractivity contribution in [1.82, 2.24) is 4.31 Å². The average Bonchev–Trinajstić information content (AvgIpc) is 3.03. The summed E-state index contributed by atoms with van der Waals surface area (Å²) in [6.45, 7) is 1.15. The van der Waals surface area contributed by atoms with E-state index in [1.54, 1.807) is 53.9 Å². The standard InChI is InChI=1S/C22H26N2O4S/c1-28-21-9-5-4-8-20(21)23-22(25)15-12-18-10-13-19(14-11-18)29(26,27)24-16-6-2-3-7-17-24/h4-5,8-15H,2-3,6-7,16-17H2,1H3,(H,23,25)/b15-12+. The molecule has 1 saturated heterocycles. The minimum atomic E-state index is -3.47. The van der Waals surface area contributed by atoms with Crippen molar-refractivity contribution in [3.63, 3.8) is 0 Å². The van der Waals surface area contributed by atoms with Crippen LogP contribution in [0.5, 0.6) is 5.75 Å². The van der Waals surface area contributed by atoms with Crippen LogP contribution in [-0.4, -0.2) is 38.8 Å². The van der Waals surface area contributed by atoms with Gasteiger partial charge in [-0.05, 0) is 48.7 Å². The van der Waals surface area contributed by atoms with Crippen molar-refractivity contribution in [2.24, 2.45) is 0 Å². The largest absolute Gasteiger partial charge is 0.495 e. The van der Waals surface area contributed by atoms with Gasteiger partial charge in [0, 0.05) is 19.2 Å². The second-order valence-corrected chi connectivity index (χ2v) is 8.85. The third kappa shape index (κ3) is 5.46. The molecule has 2 aromatic carbocycles. The van der Waals surface area contributed by atoms with E-state index in [-0.39, 0.29) is 10.8 Å². The molecule has 1 N–H and O–H groups in total. The number of anilines is 1. The maximum Gasteiger partial charge on any atom is 0.248 e. The van der Waals surface area contributed by atoms with Crippen molar-refractivity contribution < 1.29 is 17.9 Å². The van der Waals surface area contributed by atoms with Crippen LogP contribution < -0.4 is 10.1 Å². The first-order chi connectivity index (χ1) is 14.0. The van der Waals surface area contributed by atoms with E-state index in [0.717, 1.165) is 31.2 Å². The molecule has 2 aromatic rings. The average molecular weight is 415 g/mol. The Hall–Kier alpha value is -2.64. The van der Waals surface area contributed by atoms with Crippen LogP contribution in [0.15, 0.2) is 59.5 Å². The zero-order valence-electron chi connectivity index (χ0n) is 16.5. The first kappa shape index (κ1) is 21.1. The van der Waals surface area contributed by atoms with Gasteiger partial charge in [0.15, 0.2) is 0 Å². The molecule has 7 heteroatoms. The maximum atomic E-state index is 12.8. The van der Waals surface area contributed by atoms with E-state index in [0.29, 0.717) is 24.5 Å². The molecule has 0 aromatic heterocycles. The Kier molecular flexibility index (Phi) is 7.06. The van der Waals surface area contributed by atoms with E-state index in [2.05, 4.69) is 5.32 Å². The van der Waals surface area contributed by atoms with Crippen LogP contribution in [-0.2, 0) is 14.8 Å². The minimum absolute atomic E-state index is 0.287. The number of carbonyl (C=O) groups excluding carboxylic acids is 1. The first-order valence-electron chi connectivity index (χ1n) is 9.73. The van der Waals surface area contributed by atoms with Gasteiger partial charge in [0.25, 0.3) is 0 Å². The SMILES string of the molecule is COc1ccccc1NC(=O)/C=C/c1ccc(S(=O)(=O)N2CCCCCC2)cc1. The Morgan fingerprint density at radius 2 is 1.66 bits per heavy atom. The van der Waals surface area contributed by atoms with Crippen molar-refractivity contribution in [1.29, 1.82) is 0 Å². The van der Waals surface area contributed by atoms with Gasteiger partial charge in [0.1, 0.15) is 5.75 Å². The van der Waals surface area contributed by atoms with Crippen molar-refractivity contribution >= 4 is 27.7 Å². The topological polar surface area (TPSA) is 75.7 Å². The lowest BCUT2D eigenvalue weighted by molar-refractivity contribution is -0.111. The number of ether oxygens (including phenoxy) is 1. The van der Waals surface area contributed by atoms with Gasteiger partial charge in [0.05, 0.1) is 17.7 Å². The number of nitrogens with zero attached hydrogens (tertiary/aromatic N) is 1. The number of benzene rings is 2. The van der Waals surface area contributed by atoms with Gasteiger partial charge in [-0.25, -0.2) is 8.42 Å². The molecule has 0 unspecified atom stereocenters. The highest BCUT2D eigenvalue weighted by Gasteiger charge is 2.24. The fourth-order valence-corrected chi connectivity index (χ4v) is 4.79. The van der Waals surface area contributed by atoms with E-state index in [4.69, 9.17) is 4.74 Å². The third-order valence-corrected chi connectivity index (χ3v) is 6.79. The van der Waals surface area contributed by atoms with Crippen molar-refractivity contribution in [2.75, 3.05) is 25.5 Å². The number of rotatable bonds is 6. The van der Waals surface area contributed by atoms with Crippen LogP contribution in [0.2, 0.25) is 0 Å². The highest BCUT2D eigenvalue weighted by molar-refractivity contribution is 7.89. The molecule has 1 heterocycles. The smallest absolute Gasteiger partial charge is 0.248 e. The van der Waals surface area contributed by atoms with Crippen LogP contribution in [0, 0.1) is 0 Å². The molecule has 0 spiro atoms. The Labute approximate surface area is 172 Å². The van der Waals surface area contributed by atoms with Crippen LogP contribution in [0.3, 0.4) is 0 Å². The van der Waals surface area contributed by atoms with Gasteiger partial charge in [-0.2, -0.15) is 4.31 Å². The Bertz CT molecular complexity index is 961. The second-order valence-electron chi connectivity index (χ2n) is 6.91. The molecule has 1 aliphatic heterocycles. The molecule has 29 heavy (non-hydrogen) atoms. The number of carbonyl (C=O) groups is 1. The summed E-state index contributed by atoms with van der Waals surface area (Å²) in [7, 11) is -1.92. The highest BCUT2D eigenvalue weighted by atomic mass is 32.2. The molecule has 0 atom stereocenters. The van der Waals surface area contributed by atoms with E-state index in [1.165, 1.54) is 6.08 Å². The number of hydrogen-bond donors (Lipinski definition) is 1. The molecule has 0 radical (unpaired) electrons. The number of methoxy groups -OCH3 is 1. The summed E-state index contributed by atoms with van der Waals surface area (Å²) in [4.78, 5) is 12.5. The lowest BCUT2D eigenvalue weighted by Crippen LogP contribution is -2.31. The fourth-order valence-electron chi connectivity index (χ4n) is 3.28. The number of para-hydroxylation sites is 2. The molecular weight excluding hydrogens is 388 g/mol. The van der Waals surface area contributed by atoms with Gasteiger partial charge in [0.2, 0.25) is 15.9 Å². The number of nitrogens with one attached hydrogen (secondary N) is 1. The molecular formula is C22H26N2O4S. The molecule has 6 nitrogen and oxygen atoms in total. The minimum Gasteiger partial charge on any atom is -0.495 e. The van der Waals surface area contributed by atoms with Crippen LogP contribution >= 0.6 is 0 Å². The molecule has 0 aliphatic carbocycles. The molecule has 1 fully saturated rings. The van der Waals surface area contributed by atoms with Crippen LogP contribution in [0.25, 0.3) is 6.08 Å². The van der Waals surface area contributed by atoms with Gasteiger partial charge in [-0.3, -0.25) is 4.79 Å². The molecule has 1 aliphatic rings. The fraction of sp³-hybridized carbons (Fsp3) is 0.318. The predicted octanol–water partition coefficient (Wildman–Crippen LogP) is 3.91. The van der Waals surface area contributed by atoms with Crippen molar-refractivity contribution in [3.05, 3.63) is 60.2 Å². The normalized spacial score (nSPS) is 15.8. The molecule has 0 saturated carbocycles. The maximum absolute atomic E-state index is 12.8. The summed E-state index contributed by atoms with van der Waals surface area (Å²) < 4.78 is 32.4. The zero-order valence-corrected chi connectivity index (χ0v) is 17.3. The molecule has 0 bridgehead atoms. The van der Waals surface area contributed by atoms with E-state index < -0.39 is 10.0 Å². The molecule has 154 valence electrons. The summed E-state index contributed by atoms with van der Waals surface area (Å²) in [5.74, 6) is 0.285. The monoisotopic (exact) mass is 414 g/mol. The summed E-state index contributed by atoms with van der Waals surface area (Å²) in [6.07, 6.45) is 7.01. The van der Waals surface area contributed by atoms with E-state index in [9.17, 15) is 13.2 Å². The van der Waals surface area contributed by atoms with Gasteiger partial charge in [-0.1, -0.05) is 37.1 Å². The van der Waals surface area contributed by atoms with E-state index in [1.807, 2.05) is 12.1 Å².